The number of ether oxygens (including phenoxy) is 1. The number of fused-ring (bicyclic) bond motifs is 1. The van der Waals surface area contributed by atoms with Crippen LogP contribution in [0.5, 0.6) is 0 Å². The molecule has 34 heavy (non-hydrogen) atoms. The number of morpholine rings is 1. The average molecular weight is 468 g/mol. The second-order valence-electron chi connectivity index (χ2n) is 8.07. The molecular formula is C23H24N4O7. The Morgan fingerprint density at radius 1 is 1.18 bits per heavy atom. The number of amides is 4. The van der Waals surface area contributed by atoms with E-state index >= 15 is 0 Å². The monoisotopic (exact) mass is 468 g/mol. The van der Waals surface area contributed by atoms with Crippen LogP contribution >= 0.6 is 0 Å². The van der Waals surface area contributed by atoms with Crippen molar-refractivity contribution in [2.45, 2.75) is 25.3 Å². The topological polar surface area (TPSA) is 149 Å². The number of nitrogens with one attached hydrogen (secondary N) is 2. The lowest BCUT2D eigenvalue weighted by molar-refractivity contribution is -0.150. The first-order valence-electron chi connectivity index (χ1n) is 10.6. The molecule has 1 saturated heterocycles. The van der Waals surface area contributed by atoms with Gasteiger partial charge in [0.1, 0.15) is 0 Å². The highest BCUT2D eigenvalue weighted by atomic mass is 16.5. The van der Waals surface area contributed by atoms with E-state index in [0.717, 1.165) is 5.56 Å². The van der Waals surface area contributed by atoms with Gasteiger partial charge in [-0.2, -0.15) is 0 Å². The second kappa shape index (κ2) is 9.49. The molecule has 11 heteroatoms. The number of rotatable bonds is 6. The van der Waals surface area contributed by atoms with E-state index in [2.05, 4.69) is 10.6 Å². The van der Waals surface area contributed by atoms with Crippen molar-refractivity contribution in [1.82, 2.24) is 10.2 Å². The van der Waals surface area contributed by atoms with Crippen LogP contribution in [-0.2, 0) is 27.4 Å². The Kier molecular flexibility index (Phi) is 6.48. The van der Waals surface area contributed by atoms with Crippen molar-refractivity contribution < 1.29 is 34.1 Å². The summed E-state index contributed by atoms with van der Waals surface area (Å²) in [5.41, 5.74) is 2.94. The van der Waals surface area contributed by atoms with Gasteiger partial charge in [-0.25, -0.2) is 4.79 Å². The first-order chi connectivity index (χ1) is 16.2. The zero-order chi connectivity index (χ0) is 24.4. The highest BCUT2D eigenvalue weighted by Crippen LogP contribution is 2.28. The number of hydrogen-bond donors (Lipinski definition) is 4. The number of carboxylic acid groups (broad SMARTS) is 1. The molecule has 0 aromatic heterocycles. The van der Waals surface area contributed by atoms with Crippen LogP contribution in [0.4, 0.5) is 16.2 Å². The molecule has 2 aromatic rings. The van der Waals surface area contributed by atoms with Crippen molar-refractivity contribution >= 4 is 35.2 Å². The Balaban J connectivity index is 1.42. The fourth-order valence-electron chi connectivity index (χ4n) is 3.93. The Morgan fingerprint density at radius 2 is 1.91 bits per heavy atom. The number of aliphatic hydroxyl groups excluding tert-OH is 1. The van der Waals surface area contributed by atoms with Gasteiger partial charge in [-0.1, -0.05) is 18.2 Å². The number of hydrogen-bond acceptors (Lipinski definition) is 6. The van der Waals surface area contributed by atoms with E-state index < -0.39 is 30.1 Å². The summed E-state index contributed by atoms with van der Waals surface area (Å²) < 4.78 is 5.43. The molecule has 2 aliphatic heterocycles. The van der Waals surface area contributed by atoms with Crippen molar-refractivity contribution in [3.05, 3.63) is 59.2 Å². The standard InChI is InChI=1S/C23H24N4O7/c1-26-12-14-4-7-16(10-17(14)21(26)30)27-8-9-34-19(22(27)31)18(28)20(29)25-15-5-2-13(3-6-15)11-24-23(32)33/h2-7,10,18-19,24,28H,8-9,11-12H2,1H3,(H,25,29)(H,32,33)/t18-,19-/m1/s1. The molecule has 4 amide bonds. The normalized spacial score (nSPS) is 18.5. The molecule has 0 unspecified atom stereocenters. The largest absolute Gasteiger partial charge is 0.465 e. The van der Waals surface area contributed by atoms with E-state index in [1.165, 1.54) is 4.90 Å². The molecule has 2 aromatic carbocycles. The fourth-order valence-corrected chi connectivity index (χ4v) is 3.93. The zero-order valence-electron chi connectivity index (χ0n) is 18.4. The molecule has 4 N–H and O–H groups in total. The zero-order valence-corrected chi connectivity index (χ0v) is 18.4. The third kappa shape index (κ3) is 4.70. The molecule has 2 aliphatic rings. The third-order valence-corrected chi connectivity index (χ3v) is 5.73. The highest BCUT2D eigenvalue weighted by molar-refractivity contribution is 6.05. The molecule has 0 radical (unpaired) electrons. The van der Waals surface area contributed by atoms with Crippen LogP contribution in [0.1, 0.15) is 21.5 Å². The predicted octanol–water partition coefficient (Wildman–Crippen LogP) is 0.771. The maximum atomic E-state index is 13.1. The Morgan fingerprint density at radius 3 is 2.62 bits per heavy atom. The summed E-state index contributed by atoms with van der Waals surface area (Å²) in [5.74, 6) is -1.52. The molecular weight excluding hydrogens is 444 g/mol. The van der Waals surface area contributed by atoms with Gasteiger partial charge in [-0.05, 0) is 35.4 Å². The van der Waals surface area contributed by atoms with Gasteiger partial charge in [0.2, 0.25) is 0 Å². The predicted molar refractivity (Wildman–Crippen MR) is 120 cm³/mol. The van der Waals surface area contributed by atoms with Crippen LogP contribution in [0, 0.1) is 0 Å². The molecule has 0 saturated carbocycles. The van der Waals surface area contributed by atoms with Gasteiger partial charge in [0.25, 0.3) is 17.7 Å². The maximum absolute atomic E-state index is 13.1. The van der Waals surface area contributed by atoms with Crippen molar-refractivity contribution in [1.29, 1.82) is 0 Å². The highest BCUT2D eigenvalue weighted by Gasteiger charge is 2.40. The van der Waals surface area contributed by atoms with Crippen molar-refractivity contribution in [3.8, 4) is 0 Å². The number of nitrogens with zero attached hydrogens (tertiary/aromatic N) is 2. The third-order valence-electron chi connectivity index (χ3n) is 5.73. The quantitative estimate of drug-likeness (QED) is 0.489. The minimum Gasteiger partial charge on any atom is -0.465 e. The molecule has 1 fully saturated rings. The van der Waals surface area contributed by atoms with Gasteiger partial charge in [-0.15, -0.1) is 0 Å². The van der Waals surface area contributed by atoms with Crippen LogP contribution in [0.3, 0.4) is 0 Å². The van der Waals surface area contributed by atoms with Gasteiger partial charge in [-0.3, -0.25) is 14.4 Å². The lowest BCUT2D eigenvalue weighted by Crippen LogP contribution is -2.55. The number of anilines is 2. The molecule has 2 heterocycles. The van der Waals surface area contributed by atoms with Crippen LogP contribution in [0.15, 0.2) is 42.5 Å². The minimum atomic E-state index is -1.76. The number of carbonyl (C=O) groups is 4. The number of benzene rings is 2. The summed E-state index contributed by atoms with van der Waals surface area (Å²) in [6.07, 6.45) is -4.31. The van der Waals surface area contributed by atoms with Crippen molar-refractivity contribution in [2.24, 2.45) is 0 Å². The molecule has 0 spiro atoms. The lowest BCUT2D eigenvalue weighted by Gasteiger charge is -2.34. The van der Waals surface area contributed by atoms with Gasteiger partial charge in [0, 0.05) is 43.6 Å². The number of aliphatic hydroxyl groups is 1. The average Bonchev–Trinajstić information content (AvgIpc) is 3.11. The number of carbonyl (C=O) groups excluding carboxylic acids is 3. The molecule has 178 valence electrons. The van der Waals surface area contributed by atoms with Crippen molar-refractivity contribution in [3.63, 3.8) is 0 Å². The van der Waals surface area contributed by atoms with E-state index in [4.69, 9.17) is 9.84 Å². The smallest absolute Gasteiger partial charge is 0.404 e. The molecule has 4 rings (SSSR count). The van der Waals surface area contributed by atoms with Crippen molar-refractivity contribution in [2.75, 3.05) is 30.4 Å². The molecule has 0 bridgehead atoms. The Bertz CT molecular complexity index is 1130. The van der Waals surface area contributed by atoms with Gasteiger partial charge >= 0.3 is 6.09 Å². The summed E-state index contributed by atoms with van der Waals surface area (Å²) in [5, 5.41) is 24.0. The van der Waals surface area contributed by atoms with E-state index in [-0.39, 0.29) is 25.6 Å². The fraction of sp³-hybridized carbons (Fsp3) is 0.304. The van der Waals surface area contributed by atoms with E-state index in [9.17, 15) is 24.3 Å². The Hall–Kier alpha value is -3.96. The first-order valence-corrected chi connectivity index (χ1v) is 10.6. The van der Waals surface area contributed by atoms with Gasteiger partial charge in [0.15, 0.2) is 12.2 Å². The van der Waals surface area contributed by atoms with E-state index in [0.29, 0.717) is 29.0 Å². The summed E-state index contributed by atoms with van der Waals surface area (Å²) in [7, 11) is 1.70. The molecule has 2 atom stereocenters. The lowest BCUT2D eigenvalue weighted by atomic mass is 10.1. The second-order valence-corrected chi connectivity index (χ2v) is 8.07. The maximum Gasteiger partial charge on any atom is 0.404 e. The molecule has 0 aliphatic carbocycles. The van der Waals surface area contributed by atoms with Gasteiger partial charge < -0.3 is 35.4 Å². The Labute approximate surface area is 194 Å². The summed E-state index contributed by atoms with van der Waals surface area (Å²) in [6.45, 7) is 0.941. The summed E-state index contributed by atoms with van der Waals surface area (Å²) in [4.78, 5) is 51.5. The minimum absolute atomic E-state index is 0.108. The first kappa shape index (κ1) is 23.2. The molecule has 11 nitrogen and oxygen atoms in total. The summed E-state index contributed by atoms with van der Waals surface area (Å²) in [6, 6.07) is 11.5. The van der Waals surface area contributed by atoms with E-state index in [1.807, 2.05) is 0 Å². The van der Waals surface area contributed by atoms with Crippen LogP contribution in [-0.4, -0.2) is 71.3 Å². The van der Waals surface area contributed by atoms with Gasteiger partial charge in [0.05, 0.1) is 6.61 Å². The van der Waals surface area contributed by atoms with E-state index in [1.54, 1.807) is 54.4 Å². The summed E-state index contributed by atoms with van der Waals surface area (Å²) >= 11 is 0. The van der Waals surface area contributed by atoms with Crippen LogP contribution in [0.25, 0.3) is 0 Å². The SMILES string of the molecule is CN1Cc2ccc(N3CCO[C@H]([C@@H](O)C(=O)Nc4ccc(CNC(=O)O)cc4)C3=O)cc2C1=O. The van der Waals surface area contributed by atoms with Crippen LogP contribution in [0.2, 0.25) is 0 Å². The van der Waals surface area contributed by atoms with Crippen LogP contribution < -0.4 is 15.5 Å².